The van der Waals surface area contributed by atoms with Crippen molar-refractivity contribution in [1.29, 1.82) is 0 Å². The van der Waals surface area contributed by atoms with Gasteiger partial charge in [0.25, 0.3) is 5.91 Å². The maximum atomic E-state index is 11.6. The van der Waals surface area contributed by atoms with E-state index < -0.39 is 5.91 Å². The number of Topliss-reactive ketones (excluding diaryl/α,β-unsaturated/α-hetero) is 1. The van der Waals surface area contributed by atoms with E-state index in [1.54, 1.807) is 12.1 Å². The number of nitrogens with two attached hydrogens (primary N) is 1. The van der Waals surface area contributed by atoms with Crippen LogP contribution in [0.15, 0.2) is 18.2 Å². The first kappa shape index (κ1) is 12.2. The van der Waals surface area contributed by atoms with Crippen LogP contribution in [-0.2, 0) is 0 Å². The summed E-state index contributed by atoms with van der Waals surface area (Å²) in [4.78, 5) is 22.8. The molecule has 0 saturated heterocycles. The van der Waals surface area contributed by atoms with Gasteiger partial charge in [0, 0.05) is 12.0 Å². The lowest BCUT2D eigenvalue weighted by Crippen LogP contribution is -2.13. The summed E-state index contributed by atoms with van der Waals surface area (Å²) in [5.41, 5.74) is 5.94. The highest BCUT2D eigenvalue weighted by Gasteiger charge is 2.12. The van der Waals surface area contributed by atoms with Gasteiger partial charge in [-0.3, -0.25) is 9.59 Å². The normalized spacial score (nSPS) is 9.88. The van der Waals surface area contributed by atoms with Gasteiger partial charge in [0.2, 0.25) is 0 Å². The molecule has 86 valence electrons. The first-order chi connectivity index (χ1) is 7.60. The smallest absolute Gasteiger partial charge is 0.252 e. The lowest BCUT2D eigenvalue weighted by molar-refractivity contribution is 0.0981. The molecule has 1 amide bonds. The molecule has 4 nitrogen and oxygen atoms in total. The molecule has 1 rings (SSSR count). The Bertz CT molecular complexity index is 413. The van der Waals surface area contributed by atoms with Crippen molar-refractivity contribution < 1.29 is 14.3 Å². The first-order valence-corrected chi connectivity index (χ1v) is 5.11. The van der Waals surface area contributed by atoms with Crippen LogP contribution in [0.2, 0.25) is 0 Å². The molecule has 0 aromatic heterocycles. The van der Waals surface area contributed by atoms with Crippen molar-refractivity contribution in [3.63, 3.8) is 0 Å². The van der Waals surface area contributed by atoms with Crippen LogP contribution in [0.4, 0.5) is 0 Å². The summed E-state index contributed by atoms with van der Waals surface area (Å²) in [5, 5.41) is 0. The fraction of sp³-hybridized carbons (Fsp3) is 0.333. The topological polar surface area (TPSA) is 69.4 Å². The number of ether oxygens (including phenoxy) is 1. The highest BCUT2D eigenvalue weighted by atomic mass is 16.5. The Hall–Kier alpha value is -1.84. The van der Waals surface area contributed by atoms with Crippen LogP contribution >= 0.6 is 0 Å². The molecule has 0 unspecified atom stereocenters. The predicted molar refractivity (Wildman–Crippen MR) is 60.8 cm³/mol. The van der Waals surface area contributed by atoms with Gasteiger partial charge in [-0.25, -0.2) is 0 Å². The minimum absolute atomic E-state index is 0.00709. The maximum absolute atomic E-state index is 11.6. The van der Waals surface area contributed by atoms with Gasteiger partial charge in [0.05, 0.1) is 12.7 Å². The van der Waals surface area contributed by atoms with E-state index in [9.17, 15) is 9.59 Å². The van der Waals surface area contributed by atoms with E-state index >= 15 is 0 Å². The average molecular weight is 221 g/mol. The van der Waals surface area contributed by atoms with Crippen molar-refractivity contribution in [1.82, 2.24) is 0 Å². The molecule has 0 aliphatic heterocycles. The number of methoxy groups -OCH3 is 1. The van der Waals surface area contributed by atoms with Gasteiger partial charge in [-0.2, -0.15) is 0 Å². The molecule has 0 spiro atoms. The zero-order valence-electron chi connectivity index (χ0n) is 9.45. The number of carbonyl (C=O) groups excluding carboxylic acids is 2. The largest absolute Gasteiger partial charge is 0.496 e. The molecular weight excluding hydrogens is 206 g/mol. The minimum Gasteiger partial charge on any atom is -0.496 e. The number of rotatable bonds is 5. The van der Waals surface area contributed by atoms with Crippen molar-refractivity contribution in [2.24, 2.45) is 5.73 Å². The fourth-order valence-electron chi connectivity index (χ4n) is 1.45. The van der Waals surface area contributed by atoms with E-state index in [4.69, 9.17) is 10.5 Å². The van der Waals surface area contributed by atoms with Gasteiger partial charge in [0.15, 0.2) is 5.78 Å². The standard InChI is InChI=1S/C12H15NO3/c1-3-4-10(14)8-5-6-11(16-2)9(7-8)12(13)15/h5-7H,3-4H2,1-2H3,(H2,13,15). The monoisotopic (exact) mass is 221 g/mol. The quantitative estimate of drug-likeness (QED) is 0.770. The Kier molecular flexibility index (Phi) is 4.05. The summed E-state index contributed by atoms with van der Waals surface area (Å²) < 4.78 is 4.99. The van der Waals surface area contributed by atoms with Crippen molar-refractivity contribution >= 4 is 11.7 Å². The van der Waals surface area contributed by atoms with Crippen LogP contribution < -0.4 is 10.5 Å². The zero-order valence-corrected chi connectivity index (χ0v) is 9.45. The third-order valence-electron chi connectivity index (χ3n) is 2.26. The molecule has 0 saturated carbocycles. The first-order valence-electron chi connectivity index (χ1n) is 5.11. The number of hydrogen-bond donors (Lipinski definition) is 1. The van der Waals surface area contributed by atoms with Gasteiger partial charge in [-0.15, -0.1) is 0 Å². The molecule has 2 N–H and O–H groups in total. The summed E-state index contributed by atoms with van der Waals surface area (Å²) in [6.45, 7) is 1.93. The van der Waals surface area contributed by atoms with E-state index in [-0.39, 0.29) is 11.3 Å². The molecular formula is C12H15NO3. The molecule has 0 radical (unpaired) electrons. The van der Waals surface area contributed by atoms with Crippen LogP contribution in [0, 0.1) is 0 Å². The maximum Gasteiger partial charge on any atom is 0.252 e. The summed E-state index contributed by atoms with van der Waals surface area (Å²) in [6.07, 6.45) is 1.24. The van der Waals surface area contributed by atoms with Crippen molar-refractivity contribution in [3.05, 3.63) is 29.3 Å². The molecule has 0 aliphatic carbocycles. The number of hydrogen-bond acceptors (Lipinski definition) is 3. The van der Waals surface area contributed by atoms with Gasteiger partial charge < -0.3 is 10.5 Å². The van der Waals surface area contributed by atoms with Crippen LogP contribution in [0.3, 0.4) is 0 Å². The van der Waals surface area contributed by atoms with Gasteiger partial charge in [-0.05, 0) is 24.6 Å². The van der Waals surface area contributed by atoms with E-state index in [0.717, 1.165) is 6.42 Å². The molecule has 1 aromatic carbocycles. The molecule has 16 heavy (non-hydrogen) atoms. The third kappa shape index (κ3) is 2.59. The highest BCUT2D eigenvalue weighted by molar-refractivity contribution is 6.01. The number of primary amides is 1. The number of carbonyl (C=O) groups is 2. The van der Waals surface area contributed by atoms with Crippen molar-refractivity contribution in [2.75, 3.05) is 7.11 Å². The van der Waals surface area contributed by atoms with E-state index in [1.807, 2.05) is 6.92 Å². The second kappa shape index (κ2) is 5.30. The second-order valence-electron chi connectivity index (χ2n) is 3.45. The minimum atomic E-state index is -0.594. The fourth-order valence-corrected chi connectivity index (χ4v) is 1.45. The summed E-state index contributed by atoms with van der Waals surface area (Å²) in [7, 11) is 1.45. The summed E-state index contributed by atoms with van der Waals surface area (Å²) >= 11 is 0. The summed E-state index contributed by atoms with van der Waals surface area (Å²) in [5.74, 6) is -0.198. The number of benzene rings is 1. The third-order valence-corrected chi connectivity index (χ3v) is 2.26. The second-order valence-corrected chi connectivity index (χ2v) is 3.45. The Morgan fingerprint density at radius 2 is 2.06 bits per heavy atom. The molecule has 1 aromatic rings. The number of amides is 1. The van der Waals surface area contributed by atoms with Gasteiger partial charge in [0.1, 0.15) is 5.75 Å². The molecule has 4 heteroatoms. The predicted octanol–water partition coefficient (Wildman–Crippen LogP) is 1.78. The van der Waals surface area contributed by atoms with Crippen molar-refractivity contribution in [3.8, 4) is 5.75 Å². The average Bonchev–Trinajstić information content (AvgIpc) is 2.28. The van der Waals surface area contributed by atoms with Crippen molar-refractivity contribution in [2.45, 2.75) is 19.8 Å². The Morgan fingerprint density at radius 3 is 2.56 bits per heavy atom. The lowest BCUT2D eigenvalue weighted by Gasteiger charge is -2.07. The molecule has 0 aliphatic rings. The van der Waals surface area contributed by atoms with Gasteiger partial charge in [-0.1, -0.05) is 6.92 Å². The van der Waals surface area contributed by atoms with Crippen LogP contribution in [0.1, 0.15) is 40.5 Å². The highest BCUT2D eigenvalue weighted by Crippen LogP contribution is 2.20. The van der Waals surface area contributed by atoms with Crippen LogP contribution in [0.5, 0.6) is 5.75 Å². The summed E-state index contributed by atoms with van der Waals surface area (Å²) in [6, 6.07) is 4.71. The number of ketones is 1. The van der Waals surface area contributed by atoms with Gasteiger partial charge >= 0.3 is 0 Å². The van der Waals surface area contributed by atoms with E-state index in [2.05, 4.69) is 0 Å². The van der Waals surface area contributed by atoms with Crippen LogP contribution in [-0.4, -0.2) is 18.8 Å². The molecule has 0 bridgehead atoms. The Morgan fingerprint density at radius 1 is 1.38 bits per heavy atom. The molecule has 0 heterocycles. The zero-order chi connectivity index (χ0) is 12.1. The van der Waals surface area contributed by atoms with E-state index in [0.29, 0.717) is 17.7 Å². The lowest BCUT2D eigenvalue weighted by atomic mass is 10.0. The SMILES string of the molecule is CCCC(=O)c1ccc(OC)c(C(N)=O)c1. The molecule has 0 fully saturated rings. The Balaban J connectivity index is 3.11. The Labute approximate surface area is 94.4 Å². The molecule has 0 atom stereocenters. The van der Waals surface area contributed by atoms with Crippen LogP contribution in [0.25, 0.3) is 0 Å². The van der Waals surface area contributed by atoms with E-state index in [1.165, 1.54) is 13.2 Å².